The first-order chi connectivity index (χ1) is 11.3. The molecule has 9 heteroatoms. The monoisotopic (exact) mass is 358 g/mol. The Kier molecular flexibility index (Phi) is 6.00. The van der Waals surface area contributed by atoms with Gasteiger partial charge in [-0.1, -0.05) is 0 Å². The summed E-state index contributed by atoms with van der Waals surface area (Å²) >= 11 is 0. The lowest BCUT2D eigenvalue weighted by molar-refractivity contribution is -0.142. The molecule has 2 rings (SSSR count). The molecule has 1 aliphatic rings. The van der Waals surface area contributed by atoms with Gasteiger partial charge in [-0.3, -0.25) is 9.59 Å². The molecular formula is C15H22N2O6S. The zero-order valence-electron chi connectivity index (χ0n) is 13.2. The van der Waals surface area contributed by atoms with Crippen LogP contribution in [0.3, 0.4) is 0 Å². The lowest BCUT2D eigenvalue weighted by atomic mass is 10.1. The highest BCUT2D eigenvalue weighted by atomic mass is 32.2. The molecule has 1 aromatic rings. The van der Waals surface area contributed by atoms with Crippen LogP contribution in [0.5, 0.6) is 0 Å². The number of carboxylic acid groups (broad SMARTS) is 2. The van der Waals surface area contributed by atoms with Crippen LogP contribution in [0.15, 0.2) is 24.5 Å². The van der Waals surface area contributed by atoms with Crippen molar-refractivity contribution in [1.82, 2.24) is 8.87 Å². The fraction of sp³-hybridized carbons (Fsp3) is 0.600. The van der Waals surface area contributed by atoms with E-state index in [9.17, 15) is 18.0 Å². The molecule has 1 fully saturated rings. The van der Waals surface area contributed by atoms with E-state index in [4.69, 9.17) is 10.2 Å². The Labute approximate surface area is 140 Å². The number of nitrogens with zero attached hydrogens (tertiary/aromatic N) is 2. The molecule has 24 heavy (non-hydrogen) atoms. The predicted molar refractivity (Wildman–Crippen MR) is 86.1 cm³/mol. The first-order valence-corrected chi connectivity index (χ1v) is 9.45. The summed E-state index contributed by atoms with van der Waals surface area (Å²) in [5.41, 5.74) is 0. The highest BCUT2D eigenvalue weighted by molar-refractivity contribution is 7.89. The Bertz CT molecular complexity index is 662. The van der Waals surface area contributed by atoms with E-state index in [2.05, 4.69) is 4.57 Å². The van der Waals surface area contributed by atoms with Crippen LogP contribution in [0.2, 0.25) is 0 Å². The fourth-order valence-corrected chi connectivity index (χ4v) is 4.74. The Morgan fingerprint density at radius 1 is 1.12 bits per heavy atom. The van der Waals surface area contributed by atoms with Gasteiger partial charge >= 0.3 is 11.9 Å². The molecule has 0 bridgehead atoms. The number of hydrogen-bond acceptors (Lipinski definition) is 4. The molecule has 0 amide bonds. The number of hydrogen-bond donors (Lipinski definition) is 2. The zero-order valence-corrected chi connectivity index (χ0v) is 14.1. The second kappa shape index (κ2) is 7.80. The smallest absolute Gasteiger partial charge is 0.307 e. The van der Waals surface area contributed by atoms with Crippen molar-refractivity contribution >= 4 is 22.0 Å². The lowest BCUT2D eigenvalue weighted by Gasteiger charge is -2.32. The summed E-state index contributed by atoms with van der Waals surface area (Å²) in [5, 5.41) is 17.8. The molecule has 0 aromatic carbocycles. The quantitative estimate of drug-likeness (QED) is 0.716. The summed E-state index contributed by atoms with van der Waals surface area (Å²) in [5.74, 6) is -4.16. The number of aliphatic carboxylic acids is 2. The molecule has 1 aliphatic heterocycles. The van der Waals surface area contributed by atoms with Gasteiger partial charge in [-0.2, -0.15) is 0 Å². The average molecular weight is 358 g/mol. The van der Waals surface area contributed by atoms with Crippen LogP contribution in [0.25, 0.3) is 0 Å². The second-order valence-electron chi connectivity index (χ2n) is 6.01. The minimum atomic E-state index is -3.72. The van der Waals surface area contributed by atoms with E-state index in [0.717, 1.165) is 0 Å². The van der Waals surface area contributed by atoms with Crippen molar-refractivity contribution in [2.75, 3.05) is 18.8 Å². The van der Waals surface area contributed by atoms with Gasteiger partial charge in [0.05, 0.1) is 11.7 Å². The number of sulfonamides is 1. The van der Waals surface area contributed by atoms with Crippen LogP contribution in [-0.4, -0.2) is 58.3 Å². The van der Waals surface area contributed by atoms with E-state index < -0.39 is 33.6 Å². The number of carboxylic acids is 2. The van der Waals surface area contributed by atoms with Crippen LogP contribution in [-0.2, 0) is 19.6 Å². The maximum Gasteiger partial charge on any atom is 0.307 e. The van der Waals surface area contributed by atoms with Crippen LogP contribution in [0, 0.1) is 5.92 Å². The van der Waals surface area contributed by atoms with Gasteiger partial charge < -0.3 is 14.8 Å². The Morgan fingerprint density at radius 2 is 1.71 bits per heavy atom. The van der Waals surface area contributed by atoms with E-state index in [-0.39, 0.29) is 18.9 Å². The van der Waals surface area contributed by atoms with E-state index in [0.29, 0.717) is 25.9 Å². The molecule has 1 unspecified atom stereocenters. The molecule has 134 valence electrons. The van der Waals surface area contributed by atoms with Crippen LogP contribution in [0.4, 0.5) is 0 Å². The number of aromatic nitrogens is 1. The van der Waals surface area contributed by atoms with Crippen LogP contribution in [0.1, 0.15) is 31.7 Å². The molecule has 0 aliphatic carbocycles. The Balaban J connectivity index is 1.94. The Morgan fingerprint density at radius 3 is 2.21 bits per heavy atom. The van der Waals surface area contributed by atoms with Gasteiger partial charge in [0.25, 0.3) is 0 Å². The first kappa shape index (κ1) is 18.5. The number of piperidine rings is 1. The summed E-state index contributed by atoms with van der Waals surface area (Å²) < 4.78 is 28.3. The Hall–Kier alpha value is -1.87. The molecule has 0 spiro atoms. The third-order valence-corrected chi connectivity index (χ3v) is 6.31. The standard InChI is InChI=1S/C15H22N2O6S/c18-14(19)4-3-12(15(20)21)11-24(22,23)17-9-5-13(6-10-17)16-7-1-2-8-16/h1-2,7-8,12-13H,3-6,9-11H2,(H,18,19)(H,20,21). The van der Waals surface area contributed by atoms with E-state index in [1.807, 2.05) is 24.5 Å². The third kappa shape index (κ3) is 4.81. The van der Waals surface area contributed by atoms with Gasteiger partial charge in [0.15, 0.2) is 0 Å². The lowest BCUT2D eigenvalue weighted by Crippen LogP contribution is -2.42. The highest BCUT2D eigenvalue weighted by Gasteiger charge is 2.33. The van der Waals surface area contributed by atoms with Gasteiger partial charge in [0.2, 0.25) is 10.0 Å². The van der Waals surface area contributed by atoms with Crippen molar-refractivity contribution in [3.63, 3.8) is 0 Å². The van der Waals surface area contributed by atoms with Crippen molar-refractivity contribution in [3.05, 3.63) is 24.5 Å². The van der Waals surface area contributed by atoms with Crippen molar-refractivity contribution in [2.24, 2.45) is 5.92 Å². The number of carbonyl (C=O) groups is 2. The largest absolute Gasteiger partial charge is 0.481 e. The van der Waals surface area contributed by atoms with Crippen molar-refractivity contribution < 1.29 is 28.2 Å². The average Bonchev–Trinajstić information content (AvgIpc) is 3.05. The first-order valence-electron chi connectivity index (χ1n) is 7.84. The molecule has 1 saturated heterocycles. The van der Waals surface area contributed by atoms with E-state index in [1.54, 1.807) is 0 Å². The maximum absolute atomic E-state index is 12.4. The van der Waals surface area contributed by atoms with Gasteiger partial charge in [0.1, 0.15) is 0 Å². The summed E-state index contributed by atoms with van der Waals surface area (Å²) in [6.07, 6.45) is 4.68. The molecule has 0 saturated carbocycles. The summed E-state index contributed by atoms with van der Waals surface area (Å²) in [7, 11) is -3.72. The molecule has 2 N–H and O–H groups in total. The summed E-state index contributed by atoms with van der Waals surface area (Å²) in [4.78, 5) is 21.8. The van der Waals surface area contributed by atoms with Crippen molar-refractivity contribution in [2.45, 2.75) is 31.7 Å². The van der Waals surface area contributed by atoms with E-state index >= 15 is 0 Å². The van der Waals surface area contributed by atoms with Gasteiger partial charge in [-0.15, -0.1) is 0 Å². The molecule has 1 aromatic heterocycles. The SMILES string of the molecule is O=C(O)CCC(CS(=O)(=O)N1CCC(n2cccc2)CC1)C(=O)O. The highest BCUT2D eigenvalue weighted by Crippen LogP contribution is 2.25. The van der Waals surface area contributed by atoms with Crippen molar-refractivity contribution in [1.29, 1.82) is 0 Å². The second-order valence-corrected chi connectivity index (χ2v) is 8.02. The van der Waals surface area contributed by atoms with Gasteiger partial charge in [0, 0.05) is 37.9 Å². The summed E-state index contributed by atoms with van der Waals surface area (Å²) in [6.45, 7) is 0.687. The number of rotatable bonds is 8. The van der Waals surface area contributed by atoms with Crippen LogP contribution < -0.4 is 0 Å². The summed E-state index contributed by atoms with van der Waals surface area (Å²) in [6, 6.07) is 4.08. The third-order valence-electron chi connectivity index (χ3n) is 4.33. The normalized spacial score (nSPS) is 18.3. The topological polar surface area (TPSA) is 117 Å². The van der Waals surface area contributed by atoms with Crippen LogP contribution >= 0.6 is 0 Å². The predicted octanol–water partition coefficient (Wildman–Crippen LogP) is 1.02. The van der Waals surface area contributed by atoms with E-state index in [1.165, 1.54) is 4.31 Å². The van der Waals surface area contributed by atoms with Gasteiger partial charge in [-0.05, 0) is 31.4 Å². The molecule has 1 atom stereocenters. The minimum absolute atomic E-state index is 0.191. The minimum Gasteiger partial charge on any atom is -0.481 e. The van der Waals surface area contributed by atoms with Gasteiger partial charge in [-0.25, -0.2) is 12.7 Å². The molecule has 8 nitrogen and oxygen atoms in total. The zero-order chi connectivity index (χ0) is 17.7. The van der Waals surface area contributed by atoms with Crippen molar-refractivity contribution in [3.8, 4) is 0 Å². The fourth-order valence-electron chi connectivity index (χ4n) is 2.95. The molecular weight excluding hydrogens is 336 g/mol. The molecule has 0 radical (unpaired) electrons. The maximum atomic E-state index is 12.4. The molecule has 2 heterocycles.